The van der Waals surface area contributed by atoms with Crippen LogP contribution in [0.15, 0.2) is 41.3 Å². The first-order chi connectivity index (χ1) is 13.7. The topological polar surface area (TPSA) is 100 Å². The van der Waals surface area contributed by atoms with Gasteiger partial charge in [0.05, 0.1) is 19.1 Å². The number of carbonyl (C=O) groups excluding carboxylic acids is 1. The van der Waals surface area contributed by atoms with Crippen LogP contribution in [-0.2, 0) is 19.6 Å². The zero-order valence-electron chi connectivity index (χ0n) is 16.9. The van der Waals surface area contributed by atoms with Crippen LogP contribution in [0.4, 0.5) is 0 Å². The first-order valence-electron chi connectivity index (χ1n) is 8.83. The molecule has 0 saturated carbocycles. The minimum Gasteiger partial charge on any atom is -0.493 e. The van der Waals surface area contributed by atoms with Gasteiger partial charge >= 0.3 is 5.97 Å². The monoisotopic (exact) mass is 423 g/mol. The van der Waals surface area contributed by atoms with E-state index in [1.165, 1.54) is 32.4 Å². The van der Waals surface area contributed by atoms with Crippen molar-refractivity contribution in [3.63, 3.8) is 0 Å². The molecule has 0 aromatic heterocycles. The summed E-state index contributed by atoms with van der Waals surface area (Å²) in [4.78, 5) is 11.8. The molecule has 0 aliphatic heterocycles. The maximum atomic E-state index is 12.3. The van der Waals surface area contributed by atoms with Crippen molar-refractivity contribution < 1.29 is 32.2 Å². The number of benzene rings is 2. The van der Waals surface area contributed by atoms with Gasteiger partial charge in [0.1, 0.15) is 25.5 Å². The molecule has 158 valence electrons. The molecule has 0 fully saturated rings. The molecule has 0 unspecified atom stereocenters. The van der Waals surface area contributed by atoms with Crippen molar-refractivity contribution in [2.45, 2.75) is 18.7 Å². The Bertz CT molecular complexity index is 937. The number of sulfonamides is 1. The van der Waals surface area contributed by atoms with E-state index in [-0.39, 0.29) is 23.9 Å². The molecule has 0 atom stereocenters. The molecular formula is C20H25NO7S. The standard InChI is InChI=1S/C20H25NO7S/c1-14-9-15(2)11-16(10-14)27-7-8-28-20(22)13-21-29(23,24)17-5-6-18(25-3)19(12-17)26-4/h5-6,9-12,21H,7-8,13H2,1-4H3. The van der Waals surface area contributed by atoms with Crippen LogP contribution in [0, 0.1) is 13.8 Å². The zero-order chi connectivity index (χ0) is 21.4. The van der Waals surface area contributed by atoms with Gasteiger partial charge in [-0.05, 0) is 49.2 Å². The van der Waals surface area contributed by atoms with Crippen molar-refractivity contribution in [2.24, 2.45) is 0 Å². The highest BCUT2D eigenvalue weighted by Gasteiger charge is 2.18. The first-order valence-corrected chi connectivity index (χ1v) is 10.3. The maximum Gasteiger partial charge on any atom is 0.321 e. The van der Waals surface area contributed by atoms with Crippen LogP contribution >= 0.6 is 0 Å². The van der Waals surface area contributed by atoms with Gasteiger partial charge in [0.2, 0.25) is 10.0 Å². The van der Waals surface area contributed by atoms with E-state index >= 15 is 0 Å². The molecule has 0 radical (unpaired) electrons. The first kappa shape index (κ1) is 22.5. The number of hydrogen-bond acceptors (Lipinski definition) is 7. The van der Waals surface area contributed by atoms with Crippen LogP contribution in [0.1, 0.15) is 11.1 Å². The van der Waals surface area contributed by atoms with Gasteiger partial charge in [0.25, 0.3) is 0 Å². The number of esters is 1. The van der Waals surface area contributed by atoms with Crippen LogP contribution in [0.5, 0.6) is 17.2 Å². The number of carbonyl (C=O) groups is 1. The van der Waals surface area contributed by atoms with E-state index in [2.05, 4.69) is 4.72 Å². The summed E-state index contributed by atoms with van der Waals surface area (Å²) >= 11 is 0. The van der Waals surface area contributed by atoms with Crippen LogP contribution < -0.4 is 18.9 Å². The quantitative estimate of drug-likeness (QED) is 0.462. The fourth-order valence-electron chi connectivity index (χ4n) is 2.60. The van der Waals surface area contributed by atoms with E-state index < -0.39 is 22.5 Å². The van der Waals surface area contributed by atoms with Crippen molar-refractivity contribution in [3.05, 3.63) is 47.5 Å². The second kappa shape index (κ2) is 10.1. The fraction of sp³-hybridized carbons (Fsp3) is 0.350. The SMILES string of the molecule is COc1ccc(S(=O)(=O)NCC(=O)OCCOc2cc(C)cc(C)c2)cc1OC. The second-order valence-electron chi connectivity index (χ2n) is 6.23. The van der Waals surface area contributed by atoms with E-state index in [4.69, 9.17) is 18.9 Å². The van der Waals surface area contributed by atoms with Gasteiger partial charge in [-0.3, -0.25) is 4.79 Å². The smallest absolute Gasteiger partial charge is 0.321 e. The van der Waals surface area contributed by atoms with Gasteiger partial charge in [-0.15, -0.1) is 0 Å². The Morgan fingerprint density at radius 3 is 2.21 bits per heavy atom. The second-order valence-corrected chi connectivity index (χ2v) is 8.00. The molecule has 0 amide bonds. The number of aryl methyl sites for hydroxylation is 2. The average Bonchev–Trinajstić information content (AvgIpc) is 2.68. The molecule has 1 N–H and O–H groups in total. The van der Waals surface area contributed by atoms with E-state index in [1.54, 1.807) is 0 Å². The Morgan fingerprint density at radius 1 is 0.931 bits per heavy atom. The van der Waals surface area contributed by atoms with E-state index in [9.17, 15) is 13.2 Å². The van der Waals surface area contributed by atoms with Crippen LogP contribution in [-0.4, -0.2) is 48.4 Å². The van der Waals surface area contributed by atoms with Crippen molar-refractivity contribution in [1.82, 2.24) is 4.72 Å². The summed E-state index contributed by atoms with van der Waals surface area (Å²) in [6.45, 7) is 3.59. The van der Waals surface area contributed by atoms with Gasteiger partial charge in [0.15, 0.2) is 11.5 Å². The van der Waals surface area contributed by atoms with Gasteiger partial charge < -0.3 is 18.9 Å². The highest BCUT2D eigenvalue weighted by molar-refractivity contribution is 7.89. The minimum atomic E-state index is -3.91. The molecule has 0 heterocycles. The fourth-order valence-corrected chi connectivity index (χ4v) is 3.59. The van der Waals surface area contributed by atoms with Gasteiger partial charge in [-0.2, -0.15) is 4.72 Å². The minimum absolute atomic E-state index is 0.00388. The summed E-state index contributed by atoms with van der Waals surface area (Å²) in [5, 5.41) is 0. The summed E-state index contributed by atoms with van der Waals surface area (Å²) in [5.41, 5.74) is 2.14. The lowest BCUT2D eigenvalue weighted by atomic mass is 10.1. The summed E-state index contributed by atoms with van der Waals surface area (Å²) in [5.74, 6) is 0.641. The third-order valence-corrected chi connectivity index (χ3v) is 5.28. The largest absolute Gasteiger partial charge is 0.493 e. The molecule has 2 rings (SSSR count). The normalized spacial score (nSPS) is 11.0. The average molecular weight is 423 g/mol. The number of methoxy groups -OCH3 is 2. The number of rotatable bonds is 10. The number of hydrogen-bond donors (Lipinski definition) is 1. The van der Waals surface area contributed by atoms with Crippen molar-refractivity contribution in [3.8, 4) is 17.2 Å². The highest BCUT2D eigenvalue weighted by Crippen LogP contribution is 2.29. The van der Waals surface area contributed by atoms with Crippen molar-refractivity contribution in [2.75, 3.05) is 34.0 Å². The Labute approximate surface area is 170 Å². The lowest BCUT2D eigenvalue weighted by molar-refractivity contribution is -0.142. The molecule has 2 aromatic rings. The molecule has 29 heavy (non-hydrogen) atoms. The summed E-state index contributed by atoms with van der Waals surface area (Å²) in [6.07, 6.45) is 0. The molecule has 9 heteroatoms. The molecule has 8 nitrogen and oxygen atoms in total. The van der Waals surface area contributed by atoms with E-state index in [0.29, 0.717) is 11.5 Å². The van der Waals surface area contributed by atoms with Gasteiger partial charge in [-0.25, -0.2) is 8.42 Å². The van der Waals surface area contributed by atoms with Crippen molar-refractivity contribution >= 4 is 16.0 Å². The lowest BCUT2D eigenvalue weighted by Gasteiger charge is -2.11. The summed E-state index contributed by atoms with van der Waals surface area (Å²) in [7, 11) is -1.06. The molecule has 0 aliphatic carbocycles. The number of nitrogens with one attached hydrogen (secondary N) is 1. The maximum absolute atomic E-state index is 12.3. The molecule has 0 bridgehead atoms. The van der Waals surface area contributed by atoms with Crippen LogP contribution in [0.25, 0.3) is 0 Å². The highest BCUT2D eigenvalue weighted by atomic mass is 32.2. The zero-order valence-corrected chi connectivity index (χ0v) is 17.7. The molecule has 0 aliphatic rings. The third kappa shape index (κ3) is 6.65. The predicted octanol–water partition coefficient (Wildman–Crippen LogP) is 2.22. The van der Waals surface area contributed by atoms with E-state index in [1.807, 2.05) is 32.0 Å². The molecule has 0 spiro atoms. The summed E-state index contributed by atoms with van der Waals surface area (Å²) < 4.78 is 47.6. The van der Waals surface area contributed by atoms with Gasteiger partial charge in [-0.1, -0.05) is 6.07 Å². The number of ether oxygens (including phenoxy) is 4. The Hall–Kier alpha value is -2.78. The molecule has 2 aromatic carbocycles. The van der Waals surface area contributed by atoms with Crippen LogP contribution in [0.2, 0.25) is 0 Å². The summed E-state index contributed by atoms with van der Waals surface area (Å²) in [6, 6.07) is 9.92. The van der Waals surface area contributed by atoms with Gasteiger partial charge in [0, 0.05) is 6.07 Å². The van der Waals surface area contributed by atoms with Crippen molar-refractivity contribution in [1.29, 1.82) is 0 Å². The molecular weight excluding hydrogens is 398 g/mol. The Kier molecular flexibility index (Phi) is 7.86. The van der Waals surface area contributed by atoms with E-state index in [0.717, 1.165) is 11.1 Å². The Balaban J connectivity index is 1.82. The lowest BCUT2D eigenvalue weighted by Crippen LogP contribution is -2.31. The Morgan fingerprint density at radius 2 is 1.59 bits per heavy atom. The third-order valence-electron chi connectivity index (χ3n) is 3.88. The molecule has 0 saturated heterocycles. The predicted molar refractivity (Wildman–Crippen MR) is 107 cm³/mol. The van der Waals surface area contributed by atoms with Crippen LogP contribution in [0.3, 0.4) is 0 Å².